The fourth-order valence-electron chi connectivity index (χ4n) is 0.760. The lowest BCUT2D eigenvalue weighted by atomic mass is 10.3. The minimum Gasteiger partial charge on any atom is -0.480 e. The highest BCUT2D eigenvalue weighted by atomic mass is 35.5. The first-order valence-electron chi connectivity index (χ1n) is 3.40. The van der Waals surface area contributed by atoms with Crippen LogP contribution in [0.4, 0.5) is 0 Å². The lowest BCUT2D eigenvalue weighted by molar-refractivity contribution is 0.396. The number of hydrogen-bond donors (Lipinski definition) is 0. The molecule has 1 aromatic heterocycles. The third kappa shape index (κ3) is 2.42. The number of ether oxygens (including phenoxy) is 1. The SMILES string of the molecule is COc1nc(Cl)ncc1C=CC#N. The van der Waals surface area contributed by atoms with E-state index < -0.39 is 0 Å². The summed E-state index contributed by atoms with van der Waals surface area (Å²) < 4.78 is 4.93. The largest absolute Gasteiger partial charge is 0.480 e. The Balaban J connectivity index is 3.07. The summed E-state index contributed by atoms with van der Waals surface area (Å²) in [6.07, 6.45) is 4.35. The molecule has 0 aromatic carbocycles. The molecule has 0 fully saturated rings. The molecule has 1 aromatic rings. The van der Waals surface area contributed by atoms with E-state index in [0.717, 1.165) is 0 Å². The van der Waals surface area contributed by atoms with Gasteiger partial charge in [0.2, 0.25) is 11.2 Å². The molecular formula is C8H6ClN3O. The third-order valence-corrected chi connectivity index (χ3v) is 1.46. The molecule has 1 rings (SSSR count). The van der Waals surface area contributed by atoms with E-state index in [4.69, 9.17) is 21.6 Å². The van der Waals surface area contributed by atoms with Gasteiger partial charge in [0.05, 0.1) is 18.7 Å². The van der Waals surface area contributed by atoms with Crippen LogP contribution < -0.4 is 4.74 Å². The molecule has 0 N–H and O–H groups in total. The molecule has 0 saturated carbocycles. The molecule has 0 spiro atoms. The zero-order chi connectivity index (χ0) is 9.68. The maximum Gasteiger partial charge on any atom is 0.225 e. The summed E-state index contributed by atoms with van der Waals surface area (Å²) in [4.78, 5) is 7.57. The van der Waals surface area contributed by atoms with Crippen molar-refractivity contribution in [3.05, 3.63) is 23.1 Å². The minimum atomic E-state index is 0.117. The van der Waals surface area contributed by atoms with Crippen molar-refractivity contribution in [2.75, 3.05) is 7.11 Å². The van der Waals surface area contributed by atoms with Crippen molar-refractivity contribution >= 4 is 17.7 Å². The summed E-state index contributed by atoms with van der Waals surface area (Å²) in [6, 6.07) is 1.86. The van der Waals surface area contributed by atoms with Gasteiger partial charge in [-0.05, 0) is 17.7 Å². The summed E-state index contributed by atoms with van der Waals surface area (Å²) in [5.41, 5.74) is 0.619. The number of aromatic nitrogens is 2. The van der Waals surface area contributed by atoms with Gasteiger partial charge in [0.25, 0.3) is 0 Å². The van der Waals surface area contributed by atoms with Gasteiger partial charge in [-0.15, -0.1) is 0 Å². The second kappa shape index (κ2) is 4.43. The highest BCUT2D eigenvalue weighted by molar-refractivity contribution is 6.28. The normalized spacial score (nSPS) is 9.92. The number of allylic oxidation sites excluding steroid dienone is 1. The number of nitrogens with zero attached hydrogens (tertiary/aromatic N) is 3. The summed E-state index contributed by atoms with van der Waals surface area (Å²) in [5.74, 6) is 0.353. The van der Waals surface area contributed by atoms with Gasteiger partial charge < -0.3 is 4.74 Å². The minimum absolute atomic E-state index is 0.117. The average molecular weight is 196 g/mol. The maximum atomic E-state index is 8.30. The van der Waals surface area contributed by atoms with Gasteiger partial charge in [0.1, 0.15) is 0 Å². The Morgan fingerprint density at radius 2 is 2.46 bits per heavy atom. The van der Waals surface area contributed by atoms with Crippen LogP contribution in [0.25, 0.3) is 6.08 Å². The number of methoxy groups -OCH3 is 1. The molecule has 0 unspecified atom stereocenters. The van der Waals surface area contributed by atoms with Crippen LogP contribution in [0.1, 0.15) is 5.56 Å². The Kier molecular flexibility index (Phi) is 3.23. The fourth-order valence-corrected chi connectivity index (χ4v) is 0.886. The fraction of sp³-hybridized carbons (Fsp3) is 0.125. The van der Waals surface area contributed by atoms with Crippen LogP contribution in [0.2, 0.25) is 5.28 Å². The zero-order valence-corrected chi connectivity index (χ0v) is 7.62. The standard InChI is InChI=1S/C8H6ClN3O/c1-13-7-6(3-2-4-10)5-11-8(9)12-7/h2-3,5H,1H3. The van der Waals surface area contributed by atoms with Gasteiger partial charge in [-0.3, -0.25) is 0 Å². The second-order valence-corrected chi connectivity index (χ2v) is 2.40. The number of halogens is 1. The monoisotopic (exact) mass is 195 g/mol. The van der Waals surface area contributed by atoms with Crippen LogP contribution in [0.15, 0.2) is 12.3 Å². The van der Waals surface area contributed by atoms with Crippen molar-refractivity contribution in [2.24, 2.45) is 0 Å². The maximum absolute atomic E-state index is 8.30. The Morgan fingerprint density at radius 1 is 1.69 bits per heavy atom. The Hall–Kier alpha value is -1.60. The van der Waals surface area contributed by atoms with Crippen molar-refractivity contribution in [1.29, 1.82) is 5.26 Å². The molecule has 66 valence electrons. The molecule has 0 bridgehead atoms. The van der Waals surface area contributed by atoms with E-state index in [2.05, 4.69) is 9.97 Å². The highest BCUT2D eigenvalue weighted by Gasteiger charge is 2.02. The lowest BCUT2D eigenvalue weighted by Gasteiger charge is -2.01. The topological polar surface area (TPSA) is 58.8 Å². The Morgan fingerprint density at radius 3 is 3.08 bits per heavy atom. The number of hydrogen-bond acceptors (Lipinski definition) is 4. The van der Waals surface area contributed by atoms with Crippen LogP contribution in [-0.2, 0) is 0 Å². The van der Waals surface area contributed by atoms with Gasteiger partial charge in [-0.2, -0.15) is 10.2 Å². The zero-order valence-electron chi connectivity index (χ0n) is 6.86. The summed E-state index contributed by atoms with van der Waals surface area (Å²) in [5, 5.41) is 8.42. The molecule has 4 nitrogen and oxygen atoms in total. The van der Waals surface area contributed by atoms with Gasteiger partial charge in [-0.1, -0.05) is 0 Å². The second-order valence-electron chi connectivity index (χ2n) is 2.07. The predicted molar refractivity (Wildman–Crippen MR) is 48.2 cm³/mol. The third-order valence-electron chi connectivity index (χ3n) is 1.28. The van der Waals surface area contributed by atoms with Crippen LogP contribution in [-0.4, -0.2) is 17.1 Å². The lowest BCUT2D eigenvalue weighted by Crippen LogP contribution is -1.93. The van der Waals surface area contributed by atoms with Crippen molar-refractivity contribution in [2.45, 2.75) is 0 Å². The molecule has 13 heavy (non-hydrogen) atoms. The van der Waals surface area contributed by atoms with Crippen LogP contribution in [0.5, 0.6) is 5.88 Å². The summed E-state index contributed by atoms with van der Waals surface area (Å²) in [6.45, 7) is 0. The molecule has 0 saturated heterocycles. The predicted octanol–water partition coefficient (Wildman–Crippen LogP) is 1.68. The molecule has 5 heteroatoms. The molecule has 1 heterocycles. The van der Waals surface area contributed by atoms with E-state index in [9.17, 15) is 0 Å². The van der Waals surface area contributed by atoms with E-state index in [-0.39, 0.29) is 5.28 Å². The van der Waals surface area contributed by atoms with Crippen LogP contribution in [0.3, 0.4) is 0 Å². The van der Waals surface area contributed by atoms with E-state index in [1.165, 1.54) is 19.4 Å². The summed E-state index contributed by atoms with van der Waals surface area (Å²) in [7, 11) is 1.47. The first-order chi connectivity index (χ1) is 6.27. The van der Waals surface area contributed by atoms with E-state index >= 15 is 0 Å². The number of rotatable bonds is 2. The molecule has 0 amide bonds. The Bertz CT molecular complexity index is 370. The highest BCUT2D eigenvalue weighted by Crippen LogP contribution is 2.17. The summed E-state index contributed by atoms with van der Waals surface area (Å²) >= 11 is 5.54. The molecule has 0 radical (unpaired) electrons. The van der Waals surface area contributed by atoms with Crippen LogP contribution in [0, 0.1) is 11.3 Å². The van der Waals surface area contributed by atoms with E-state index in [0.29, 0.717) is 11.4 Å². The van der Waals surface area contributed by atoms with Gasteiger partial charge >= 0.3 is 0 Å². The smallest absolute Gasteiger partial charge is 0.225 e. The quantitative estimate of drug-likeness (QED) is 0.532. The van der Waals surface area contributed by atoms with Crippen molar-refractivity contribution in [3.8, 4) is 11.9 Å². The molecule has 0 atom stereocenters. The van der Waals surface area contributed by atoms with Gasteiger partial charge in [-0.25, -0.2) is 4.98 Å². The van der Waals surface area contributed by atoms with Gasteiger partial charge in [0.15, 0.2) is 0 Å². The first kappa shape index (κ1) is 9.49. The first-order valence-corrected chi connectivity index (χ1v) is 3.78. The number of nitriles is 1. The van der Waals surface area contributed by atoms with E-state index in [1.807, 2.05) is 6.07 Å². The molecule has 0 aliphatic carbocycles. The van der Waals surface area contributed by atoms with Crippen molar-refractivity contribution < 1.29 is 4.74 Å². The van der Waals surface area contributed by atoms with Crippen LogP contribution >= 0.6 is 11.6 Å². The average Bonchev–Trinajstić information content (AvgIpc) is 2.16. The molecule has 0 aliphatic heterocycles. The van der Waals surface area contributed by atoms with Gasteiger partial charge in [0, 0.05) is 12.3 Å². The van der Waals surface area contributed by atoms with E-state index in [1.54, 1.807) is 6.08 Å². The van der Waals surface area contributed by atoms with Crippen molar-refractivity contribution in [1.82, 2.24) is 9.97 Å². The Labute approximate surface area is 80.5 Å². The molecular weight excluding hydrogens is 190 g/mol. The van der Waals surface area contributed by atoms with Crippen molar-refractivity contribution in [3.63, 3.8) is 0 Å². The molecule has 0 aliphatic rings.